The summed E-state index contributed by atoms with van der Waals surface area (Å²) in [5.74, 6) is -0.154. The summed E-state index contributed by atoms with van der Waals surface area (Å²) >= 11 is 1.20. The number of aryl methyl sites for hydroxylation is 3. The average molecular weight is 279 g/mol. The lowest BCUT2D eigenvalue weighted by Crippen LogP contribution is -2.27. The summed E-state index contributed by atoms with van der Waals surface area (Å²) in [5.41, 5.74) is 9.14. The van der Waals surface area contributed by atoms with Crippen molar-refractivity contribution in [3.63, 3.8) is 0 Å². The zero-order valence-electron chi connectivity index (χ0n) is 11.4. The summed E-state index contributed by atoms with van der Waals surface area (Å²) in [7, 11) is 0. The van der Waals surface area contributed by atoms with E-state index in [-0.39, 0.29) is 11.9 Å². The van der Waals surface area contributed by atoms with Gasteiger partial charge in [-0.05, 0) is 27.7 Å². The summed E-state index contributed by atoms with van der Waals surface area (Å²) in [6.07, 6.45) is 0. The monoisotopic (exact) mass is 279 g/mol. The van der Waals surface area contributed by atoms with E-state index < -0.39 is 0 Å². The van der Waals surface area contributed by atoms with Crippen LogP contribution in [0.3, 0.4) is 0 Å². The number of hydrogen-bond acceptors (Lipinski definition) is 5. The maximum atomic E-state index is 12.2. The van der Waals surface area contributed by atoms with Crippen LogP contribution in [0.1, 0.15) is 45.3 Å². The Morgan fingerprint density at radius 2 is 2.05 bits per heavy atom. The highest BCUT2D eigenvalue weighted by molar-refractivity contribution is 7.17. The fourth-order valence-electron chi connectivity index (χ4n) is 2.16. The van der Waals surface area contributed by atoms with Crippen molar-refractivity contribution in [2.75, 3.05) is 5.73 Å². The Hall–Kier alpha value is -1.89. The molecule has 0 fully saturated rings. The zero-order chi connectivity index (χ0) is 14.2. The third-order valence-electron chi connectivity index (χ3n) is 2.99. The molecular formula is C12H17N5OS. The molecule has 102 valence electrons. The van der Waals surface area contributed by atoms with Gasteiger partial charge in [0, 0.05) is 11.3 Å². The van der Waals surface area contributed by atoms with Crippen LogP contribution < -0.4 is 11.1 Å². The molecule has 6 nitrogen and oxygen atoms in total. The molecular weight excluding hydrogens is 262 g/mol. The van der Waals surface area contributed by atoms with Gasteiger partial charge < -0.3 is 11.1 Å². The van der Waals surface area contributed by atoms with Crippen molar-refractivity contribution in [1.29, 1.82) is 0 Å². The second-order valence-electron chi connectivity index (χ2n) is 4.51. The molecule has 7 heteroatoms. The predicted molar refractivity (Wildman–Crippen MR) is 75.2 cm³/mol. The number of carbonyl (C=O) groups excluding carboxylic acids is 1. The van der Waals surface area contributed by atoms with E-state index in [0.29, 0.717) is 15.7 Å². The lowest BCUT2D eigenvalue weighted by atomic mass is 10.1. The second-order valence-corrected chi connectivity index (χ2v) is 5.54. The molecule has 1 atom stereocenters. The van der Waals surface area contributed by atoms with Gasteiger partial charge in [0.2, 0.25) is 0 Å². The van der Waals surface area contributed by atoms with E-state index >= 15 is 0 Å². The molecule has 4 N–H and O–H groups in total. The number of H-pyrrole nitrogens is 1. The molecule has 0 bridgehead atoms. The number of nitrogen functional groups attached to an aromatic ring is 1. The molecule has 19 heavy (non-hydrogen) atoms. The highest BCUT2D eigenvalue weighted by Gasteiger charge is 2.20. The molecule has 2 aromatic heterocycles. The van der Waals surface area contributed by atoms with Crippen LogP contribution in [0, 0.1) is 20.8 Å². The standard InChI is InChI=1S/C12H17N5OS/c1-5(9-6(2)16-17-7(9)3)14-11(18)10-8(4)15-12(13)19-10/h5H,1-4H3,(H2,13,15)(H,14,18)(H,16,17)/t5-/m1/s1. The van der Waals surface area contributed by atoms with Gasteiger partial charge >= 0.3 is 0 Å². The van der Waals surface area contributed by atoms with Gasteiger partial charge in [-0.2, -0.15) is 5.10 Å². The van der Waals surface area contributed by atoms with Crippen LogP contribution in [0.2, 0.25) is 0 Å². The Balaban J connectivity index is 2.18. The first-order chi connectivity index (χ1) is 8.90. The van der Waals surface area contributed by atoms with Crippen molar-refractivity contribution in [3.05, 3.63) is 27.5 Å². The molecule has 0 aliphatic carbocycles. The number of carbonyl (C=O) groups is 1. The fourth-order valence-corrected chi connectivity index (χ4v) is 2.90. The molecule has 2 aromatic rings. The first-order valence-electron chi connectivity index (χ1n) is 5.95. The number of nitrogens with two attached hydrogens (primary N) is 1. The molecule has 0 spiro atoms. The number of rotatable bonds is 3. The van der Waals surface area contributed by atoms with Crippen LogP contribution >= 0.6 is 11.3 Å². The first kappa shape index (κ1) is 13.5. The van der Waals surface area contributed by atoms with Crippen molar-refractivity contribution in [2.45, 2.75) is 33.7 Å². The minimum absolute atomic E-state index is 0.117. The summed E-state index contributed by atoms with van der Waals surface area (Å²) in [5, 5.41) is 10.4. The predicted octanol–water partition coefficient (Wildman–Crippen LogP) is 1.86. The second kappa shape index (κ2) is 5.00. The average Bonchev–Trinajstić information content (AvgIpc) is 2.81. The maximum Gasteiger partial charge on any atom is 0.263 e. The van der Waals surface area contributed by atoms with Crippen LogP contribution in [-0.2, 0) is 0 Å². The van der Waals surface area contributed by atoms with Crippen LogP contribution in [-0.4, -0.2) is 21.1 Å². The van der Waals surface area contributed by atoms with Crippen LogP contribution in [0.25, 0.3) is 0 Å². The number of aromatic nitrogens is 3. The lowest BCUT2D eigenvalue weighted by Gasteiger charge is -2.14. The number of aromatic amines is 1. The number of anilines is 1. The Kier molecular flexibility index (Phi) is 3.57. The van der Waals surface area contributed by atoms with E-state index in [4.69, 9.17) is 5.73 Å². The van der Waals surface area contributed by atoms with Gasteiger partial charge in [0.15, 0.2) is 5.13 Å². The summed E-state index contributed by atoms with van der Waals surface area (Å²) in [4.78, 5) is 16.8. The van der Waals surface area contributed by atoms with Gasteiger partial charge in [-0.3, -0.25) is 9.89 Å². The largest absolute Gasteiger partial charge is 0.375 e. The van der Waals surface area contributed by atoms with E-state index in [1.54, 1.807) is 6.92 Å². The number of nitrogens with one attached hydrogen (secondary N) is 2. The number of hydrogen-bond donors (Lipinski definition) is 3. The highest BCUT2D eigenvalue weighted by atomic mass is 32.1. The van der Waals surface area contributed by atoms with Crippen molar-refractivity contribution in [3.8, 4) is 0 Å². The van der Waals surface area contributed by atoms with E-state index in [1.807, 2.05) is 20.8 Å². The number of amides is 1. The quantitative estimate of drug-likeness (QED) is 0.799. The normalized spacial score (nSPS) is 12.4. The molecule has 0 unspecified atom stereocenters. The molecule has 0 aromatic carbocycles. The molecule has 1 amide bonds. The van der Waals surface area contributed by atoms with Crippen LogP contribution in [0.4, 0.5) is 5.13 Å². The van der Waals surface area contributed by atoms with Crippen LogP contribution in [0.5, 0.6) is 0 Å². The Morgan fingerprint density at radius 1 is 1.37 bits per heavy atom. The summed E-state index contributed by atoms with van der Waals surface area (Å²) in [6.45, 7) is 7.56. The molecule has 0 radical (unpaired) electrons. The zero-order valence-corrected chi connectivity index (χ0v) is 12.2. The summed E-state index contributed by atoms with van der Waals surface area (Å²) in [6, 6.07) is -0.117. The minimum atomic E-state index is -0.154. The van der Waals surface area contributed by atoms with Gasteiger partial charge in [-0.25, -0.2) is 4.98 Å². The van der Waals surface area contributed by atoms with Gasteiger partial charge in [-0.1, -0.05) is 11.3 Å². The Labute approximate surface area is 115 Å². The molecule has 2 rings (SSSR count). The third kappa shape index (κ3) is 2.60. The van der Waals surface area contributed by atoms with Gasteiger partial charge in [0.25, 0.3) is 5.91 Å². The van der Waals surface area contributed by atoms with Crippen LogP contribution in [0.15, 0.2) is 0 Å². The van der Waals surface area contributed by atoms with Crippen molar-refractivity contribution in [1.82, 2.24) is 20.5 Å². The molecule has 0 aliphatic rings. The van der Waals surface area contributed by atoms with Crippen molar-refractivity contribution >= 4 is 22.4 Å². The third-order valence-corrected chi connectivity index (χ3v) is 3.97. The van der Waals surface area contributed by atoms with Gasteiger partial charge in [0.1, 0.15) is 4.88 Å². The molecule has 0 aliphatic heterocycles. The first-order valence-corrected chi connectivity index (χ1v) is 6.77. The summed E-state index contributed by atoms with van der Waals surface area (Å²) < 4.78 is 0. The van der Waals surface area contributed by atoms with Crippen molar-refractivity contribution < 1.29 is 4.79 Å². The van der Waals surface area contributed by atoms with Gasteiger partial charge in [-0.15, -0.1) is 0 Å². The smallest absolute Gasteiger partial charge is 0.263 e. The molecule has 0 saturated heterocycles. The molecule has 0 saturated carbocycles. The number of thiazole rings is 1. The minimum Gasteiger partial charge on any atom is -0.375 e. The van der Waals surface area contributed by atoms with Gasteiger partial charge in [0.05, 0.1) is 17.4 Å². The maximum absolute atomic E-state index is 12.2. The van der Waals surface area contributed by atoms with E-state index in [2.05, 4.69) is 20.5 Å². The number of nitrogens with zero attached hydrogens (tertiary/aromatic N) is 2. The topological polar surface area (TPSA) is 96.7 Å². The van der Waals surface area contributed by atoms with E-state index in [1.165, 1.54) is 11.3 Å². The Bertz CT molecular complexity index is 596. The fraction of sp³-hybridized carbons (Fsp3) is 0.417. The molecule has 2 heterocycles. The van der Waals surface area contributed by atoms with E-state index in [9.17, 15) is 4.79 Å². The lowest BCUT2D eigenvalue weighted by molar-refractivity contribution is 0.0943. The Morgan fingerprint density at radius 3 is 2.53 bits per heavy atom. The highest BCUT2D eigenvalue weighted by Crippen LogP contribution is 2.23. The van der Waals surface area contributed by atoms with E-state index in [0.717, 1.165) is 17.0 Å². The van der Waals surface area contributed by atoms with Crippen molar-refractivity contribution in [2.24, 2.45) is 0 Å². The SMILES string of the molecule is Cc1nc(N)sc1C(=O)N[C@H](C)c1c(C)n[nH]c1C.